The van der Waals surface area contributed by atoms with Gasteiger partial charge in [0.1, 0.15) is 6.04 Å². The Hall–Kier alpha value is -2.97. The summed E-state index contributed by atoms with van der Waals surface area (Å²) in [5.74, 6) is -1.25. The Morgan fingerprint density at radius 3 is 2.43 bits per heavy atom. The molecule has 1 atom stereocenters. The van der Waals surface area contributed by atoms with Crippen LogP contribution in [-0.2, 0) is 4.79 Å². The fourth-order valence-electron chi connectivity index (χ4n) is 2.54. The van der Waals surface area contributed by atoms with Crippen molar-refractivity contribution in [3.63, 3.8) is 0 Å². The van der Waals surface area contributed by atoms with Crippen molar-refractivity contribution in [3.05, 3.63) is 73.2 Å². The van der Waals surface area contributed by atoms with Crippen molar-refractivity contribution >= 4 is 46.9 Å². The van der Waals surface area contributed by atoms with Gasteiger partial charge in [-0.3, -0.25) is 19.7 Å². The van der Waals surface area contributed by atoms with Crippen LogP contribution in [0.4, 0.5) is 5.69 Å². The van der Waals surface area contributed by atoms with Crippen LogP contribution in [0.25, 0.3) is 0 Å². The average molecular weight is 451 g/mol. The molecule has 2 rings (SSSR count). The van der Waals surface area contributed by atoms with Gasteiger partial charge in [-0.05, 0) is 31.0 Å². The number of amides is 2. The Balaban J connectivity index is 2.07. The normalized spacial score (nSPS) is 12.1. The number of nitro benzene ring substituents is 1. The molecule has 2 amide bonds. The highest BCUT2D eigenvalue weighted by Crippen LogP contribution is 2.22. The SMILES string of the molecule is Cc1ccc(/C=N\NC(=O)C(NC(=O)c2ccc(Cl)c(Cl)c2)C(C)C)cc1[N+](=O)[O-]. The van der Waals surface area contributed by atoms with Gasteiger partial charge in [0.15, 0.2) is 0 Å². The summed E-state index contributed by atoms with van der Waals surface area (Å²) in [6.07, 6.45) is 1.29. The van der Waals surface area contributed by atoms with Gasteiger partial charge >= 0.3 is 0 Å². The van der Waals surface area contributed by atoms with Crippen molar-refractivity contribution in [3.8, 4) is 0 Å². The van der Waals surface area contributed by atoms with Crippen molar-refractivity contribution in [1.82, 2.24) is 10.7 Å². The molecular formula is C20H20Cl2N4O4. The molecule has 2 aromatic carbocycles. The third kappa shape index (κ3) is 6.01. The molecule has 0 saturated carbocycles. The van der Waals surface area contributed by atoms with Crippen LogP contribution in [0.15, 0.2) is 41.5 Å². The number of nitrogens with zero attached hydrogens (tertiary/aromatic N) is 2. The van der Waals surface area contributed by atoms with Crippen LogP contribution in [0, 0.1) is 23.0 Å². The van der Waals surface area contributed by atoms with Crippen molar-refractivity contribution < 1.29 is 14.5 Å². The summed E-state index contributed by atoms with van der Waals surface area (Å²) in [6, 6.07) is 8.14. The molecule has 2 aromatic rings. The van der Waals surface area contributed by atoms with Gasteiger partial charge in [-0.1, -0.05) is 49.2 Å². The van der Waals surface area contributed by atoms with E-state index in [9.17, 15) is 19.7 Å². The third-order valence-corrected chi connectivity index (χ3v) is 4.97. The summed E-state index contributed by atoms with van der Waals surface area (Å²) in [5.41, 5.74) is 3.54. The van der Waals surface area contributed by atoms with Crippen molar-refractivity contribution in [2.75, 3.05) is 0 Å². The number of carbonyl (C=O) groups excluding carboxylic acids is 2. The van der Waals surface area contributed by atoms with Gasteiger partial charge in [0.2, 0.25) is 0 Å². The minimum Gasteiger partial charge on any atom is -0.340 e. The Labute approximate surface area is 183 Å². The van der Waals surface area contributed by atoms with Gasteiger partial charge in [0.25, 0.3) is 17.5 Å². The zero-order valence-corrected chi connectivity index (χ0v) is 18.0. The van der Waals surface area contributed by atoms with E-state index in [1.807, 2.05) is 0 Å². The number of nitrogens with one attached hydrogen (secondary N) is 2. The van der Waals surface area contributed by atoms with Crippen LogP contribution in [0.2, 0.25) is 10.0 Å². The molecule has 0 radical (unpaired) electrons. The van der Waals surface area contributed by atoms with Crippen molar-refractivity contribution in [2.24, 2.45) is 11.0 Å². The van der Waals surface area contributed by atoms with E-state index < -0.39 is 22.8 Å². The minimum absolute atomic E-state index is 0.0424. The van der Waals surface area contributed by atoms with Gasteiger partial charge in [0.05, 0.1) is 21.2 Å². The first-order valence-corrected chi connectivity index (χ1v) is 9.69. The van der Waals surface area contributed by atoms with E-state index in [-0.39, 0.29) is 22.2 Å². The molecule has 0 aliphatic heterocycles. The summed E-state index contributed by atoms with van der Waals surface area (Å²) in [7, 11) is 0. The van der Waals surface area contributed by atoms with E-state index in [0.29, 0.717) is 16.1 Å². The fourth-order valence-corrected chi connectivity index (χ4v) is 2.84. The van der Waals surface area contributed by atoms with Gasteiger partial charge in [-0.25, -0.2) is 5.43 Å². The smallest absolute Gasteiger partial charge is 0.272 e. The Morgan fingerprint density at radius 2 is 1.83 bits per heavy atom. The lowest BCUT2D eigenvalue weighted by Crippen LogP contribution is -2.48. The van der Waals surface area contributed by atoms with E-state index in [4.69, 9.17) is 23.2 Å². The molecule has 0 aromatic heterocycles. The standard InChI is InChI=1S/C20H20Cl2N4O4/c1-11(2)18(24-19(27)14-6-7-15(21)16(22)9-14)20(28)25-23-10-13-5-4-12(3)17(8-13)26(29)30/h4-11,18H,1-3H3,(H,24,27)(H,25,28)/b23-10-. The van der Waals surface area contributed by atoms with Gasteiger partial charge in [0, 0.05) is 22.8 Å². The number of halogens is 2. The molecule has 158 valence electrons. The lowest BCUT2D eigenvalue weighted by Gasteiger charge is -2.20. The van der Waals surface area contributed by atoms with Crippen LogP contribution < -0.4 is 10.7 Å². The van der Waals surface area contributed by atoms with Crippen molar-refractivity contribution in [1.29, 1.82) is 0 Å². The molecule has 0 saturated heterocycles. The van der Waals surface area contributed by atoms with Gasteiger partial charge in [-0.15, -0.1) is 0 Å². The zero-order chi connectivity index (χ0) is 22.4. The molecule has 1 unspecified atom stereocenters. The Morgan fingerprint density at radius 1 is 1.13 bits per heavy atom. The van der Waals surface area contributed by atoms with Crippen LogP contribution in [-0.4, -0.2) is 29.0 Å². The summed E-state index contributed by atoms with van der Waals surface area (Å²) in [6.45, 7) is 5.17. The van der Waals surface area contributed by atoms with E-state index >= 15 is 0 Å². The monoisotopic (exact) mass is 450 g/mol. The molecule has 0 heterocycles. The minimum atomic E-state index is -0.864. The second-order valence-corrected chi connectivity index (χ2v) is 7.68. The fraction of sp³-hybridized carbons (Fsp3) is 0.250. The summed E-state index contributed by atoms with van der Waals surface area (Å²) in [5, 5.41) is 18.0. The summed E-state index contributed by atoms with van der Waals surface area (Å²) in [4.78, 5) is 35.5. The zero-order valence-electron chi connectivity index (χ0n) is 16.5. The molecule has 0 aliphatic rings. The Bertz CT molecular complexity index is 1010. The number of carbonyl (C=O) groups is 2. The molecular weight excluding hydrogens is 431 g/mol. The number of hydrazone groups is 1. The number of aryl methyl sites for hydroxylation is 1. The highest BCUT2D eigenvalue weighted by Gasteiger charge is 2.24. The molecule has 0 aliphatic carbocycles. The first-order chi connectivity index (χ1) is 14.1. The van der Waals surface area contributed by atoms with E-state index in [1.54, 1.807) is 32.9 Å². The van der Waals surface area contributed by atoms with Crippen LogP contribution in [0.1, 0.15) is 35.3 Å². The predicted molar refractivity (Wildman–Crippen MR) is 116 cm³/mol. The number of benzene rings is 2. The van der Waals surface area contributed by atoms with E-state index in [0.717, 1.165) is 0 Å². The molecule has 0 bridgehead atoms. The highest BCUT2D eigenvalue weighted by molar-refractivity contribution is 6.42. The third-order valence-electron chi connectivity index (χ3n) is 4.24. The summed E-state index contributed by atoms with van der Waals surface area (Å²) >= 11 is 11.8. The largest absolute Gasteiger partial charge is 0.340 e. The molecule has 30 heavy (non-hydrogen) atoms. The first-order valence-electron chi connectivity index (χ1n) is 8.94. The molecule has 8 nitrogen and oxygen atoms in total. The van der Waals surface area contributed by atoms with E-state index in [2.05, 4.69) is 15.8 Å². The molecule has 2 N–H and O–H groups in total. The predicted octanol–water partition coefficient (Wildman–Crippen LogP) is 4.11. The van der Waals surface area contributed by atoms with Crippen molar-refractivity contribution in [2.45, 2.75) is 26.8 Å². The molecule has 0 spiro atoms. The van der Waals surface area contributed by atoms with Crippen LogP contribution >= 0.6 is 23.2 Å². The summed E-state index contributed by atoms with van der Waals surface area (Å²) < 4.78 is 0. The van der Waals surface area contributed by atoms with Crippen LogP contribution in [0.3, 0.4) is 0 Å². The molecule has 10 heteroatoms. The lowest BCUT2D eigenvalue weighted by atomic mass is 10.0. The highest BCUT2D eigenvalue weighted by atomic mass is 35.5. The van der Waals surface area contributed by atoms with Gasteiger partial charge < -0.3 is 5.32 Å². The Kier molecular flexibility index (Phi) is 7.91. The molecule has 0 fully saturated rings. The second-order valence-electron chi connectivity index (χ2n) is 6.86. The van der Waals surface area contributed by atoms with Crippen LogP contribution in [0.5, 0.6) is 0 Å². The maximum absolute atomic E-state index is 12.5. The maximum Gasteiger partial charge on any atom is 0.272 e. The second kappa shape index (κ2) is 10.2. The number of hydrogen-bond acceptors (Lipinski definition) is 5. The number of hydrogen-bond donors (Lipinski definition) is 2. The van der Waals surface area contributed by atoms with Gasteiger partial charge in [-0.2, -0.15) is 5.10 Å². The van der Waals surface area contributed by atoms with E-state index in [1.165, 1.54) is 30.5 Å². The topological polar surface area (TPSA) is 114 Å². The lowest BCUT2D eigenvalue weighted by molar-refractivity contribution is -0.385. The average Bonchev–Trinajstić information content (AvgIpc) is 2.68. The number of nitro groups is 1. The number of rotatable bonds is 7. The maximum atomic E-state index is 12.5. The quantitative estimate of drug-likeness (QED) is 0.375. The first kappa shape index (κ1) is 23.3.